The van der Waals surface area contributed by atoms with Gasteiger partial charge < -0.3 is 15.3 Å². The van der Waals surface area contributed by atoms with E-state index in [0.717, 1.165) is 11.3 Å². The molecule has 24 heavy (non-hydrogen) atoms. The lowest BCUT2D eigenvalue weighted by atomic mass is 9.93. The van der Waals surface area contributed by atoms with Crippen molar-refractivity contribution < 1.29 is 9.90 Å². The molecule has 0 saturated heterocycles. The van der Waals surface area contributed by atoms with E-state index in [1.807, 2.05) is 48.5 Å². The van der Waals surface area contributed by atoms with Crippen LogP contribution in [0.2, 0.25) is 0 Å². The number of nitrogens with zero attached hydrogens (tertiary/aromatic N) is 2. The highest BCUT2D eigenvalue weighted by atomic mass is 16.3. The Balaban J connectivity index is 1.91. The number of aromatic nitrogens is 1. The highest BCUT2D eigenvalue weighted by Crippen LogP contribution is 2.20. The fraction of sp³-hybridized carbons (Fsp3) is 0.368. The normalized spacial score (nSPS) is 13.1. The van der Waals surface area contributed by atoms with Crippen molar-refractivity contribution in [1.82, 2.24) is 15.2 Å². The Hall–Kier alpha value is -2.40. The third-order valence-electron chi connectivity index (χ3n) is 3.87. The number of aliphatic hydroxyl groups is 1. The number of carbonyl (C=O) groups is 1. The lowest BCUT2D eigenvalue weighted by Crippen LogP contribution is -2.39. The second-order valence-electron chi connectivity index (χ2n) is 6.06. The molecule has 0 aliphatic carbocycles. The van der Waals surface area contributed by atoms with E-state index in [-0.39, 0.29) is 11.9 Å². The first-order valence-electron chi connectivity index (χ1n) is 8.18. The average Bonchev–Trinajstić information content (AvgIpc) is 2.59. The second-order valence-corrected chi connectivity index (χ2v) is 6.06. The Bertz CT molecular complexity index is 617. The van der Waals surface area contributed by atoms with Crippen LogP contribution in [0.25, 0.3) is 0 Å². The number of aliphatic hydroxyl groups excluding tert-OH is 1. The average molecular weight is 327 g/mol. The van der Waals surface area contributed by atoms with E-state index < -0.39 is 6.10 Å². The minimum Gasteiger partial charge on any atom is -0.393 e. The molecule has 0 saturated carbocycles. The Morgan fingerprint density at radius 1 is 1.21 bits per heavy atom. The first-order chi connectivity index (χ1) is 11.6. The van der Waals surface area contributed by atoms with Crippen LogP contribution in [0, 0.1) is 0 Å². The van der Waals surface area contributed by atoms with Crippen molar-refractivity contribution in [3.63, 3.8) is 0 Å². The van der Waals surface area contributed by atoms with Crippen LogP contribution in [0.1, 0.15) is 30.5 Å². The summed E-state index contributed by atoms with van der Waals surface area (Å²) in [5.74, 6) is 0.0819. The van der Waals surface area contributed by atoms with Crippen LogP contribution < -0.4 is 5.32 Å². The number of pyridine rings is 1. The number of urea groups is 1. The van der Waals surface area contributed by atoms with Crippen molar-refractivity contribution in [3.8, 4) is 0 Å². The minimum absolute atomic E-state index is 0.0819. The molecule has 0 radical (unpaired) electrons. The van der Waals surface area contributed by atoms with Crippen LogP contribution in [0.15, 0.2) is 54.7 Å². The van der Waals surface area contributed by atoms with Crippen LogP contribution in [-0.4, -0.2) is 40.7 Å². The lowest BCUT2D eigenvalue weighted by Gasteiger charge is -2.22. The van der Waals surface area contributed by atoms with Gasteiger partial charge in [-0.05, 0) is 31.0 Å². The molecule has 2 N–H and O–H groups in total. The molecule has 0 aliphatic heterocycles. The Kier molecular flexibility index (Phi) is 6.75. The number of amides is 2. The number of rotatable bonds is 7. The van der Waals surface area contributed by atoms with Gasteiger partial charge in [0.1, 0.15) is 0 Å². The summed E-state index contributed by atoms with van der Waals surface area (Å²) in [7, 11) is 1.75. The summed E-state index contributed by atoms with van der Waals surface area (Å²) in [6, 6.07) is 15.5. The van der Waals surface area contributed by atoms with E-state index in [0.29, 0.717) is 19.5 Å². The standard InChI is InChI=1S/C19H25N3O2/c1-15(23)12-17(16-8-4-3-5-9-16)13-21-19(24)22(2)14-18-10-6-7-11-20-18/h3-11,15,17,23H,12-14H2,1-2H3,(H,21,24). The van der Waals surface area contributed by atoms with Gasteiger partial charge in [-0.2, -0.15) is 0 Å². The second kappa shape index (κ2) is 9.03. The van der Waals surface area contributed by atoms with Gasteiger partial charge in [0.15, 0.2) is 0 Å². The molecule has 2 unspecified atom stereocenters. The summed E-state index contributed by atoms with van der Waals surface area (Å²) in [4.78, 5) is 18.1. The molecule has 0 fully saturated rings. The fourth-order valence-electron chi connectivity index (χ4n) is 2.63. The lowest BCUT2D eigenvalue weighted by molar-refractivity contribution is 0.171. The number of hydrogen-bond donors (Lipinski definition) is 2. The summed E-state index contributed by atoms with van der Waals surface area (Å²) in [5, 5.41) is 12.7. The Labute approximate surface area is 143 Å². The van der Waals surface area contributed by atoms with Crippen LogP contribution >= 0.6 is 0 Å². The Morgan fingerprint density at radius 2 is 1.92 bits per heavy atom. The largest absolute Gasteiger partial charge is 0.393 e. The van der Waals surface area contributed by atoms with Crippen LogP contribution in [0.3, 0.4) is 0 Å². The van der Waals surface area contributed by atoms with E-state index in [1.165, 1.54) is 0 Å². The Morgan fingerprint density at radius 3 is 2.54 bits per heavy atom. The smallest absolute Gasteiger partial charge is 0.317 e. The molecule has 5 heteroatoms. The monoisotopic (exact) mass is 327 g/mol. The SMILES string of the molecule is CC(O)CC(CNC(=O)N(C)Cc1ccccn1)c1ccccc1. The van der Waals surface area contributed by atoms with Crippen molar-refractivity contribution >= 4 is 6.03 Å². The van der Waals surface area contributed by atoms with Crippen LogP contribution in [-0.2, 0) is 6.54 Å². The zero-order valence-electron chi connectivity index (χ0n) is 14.2. The molecular formula is C19H25N3O2. The molecule has 1 heterocycles. The number of nitrogens with one attached hydrogen (secondary N) is 1. The van der Waals surface area contributed by atoms with Gasteiger partial charge in [0, 0.05) is 25.7 Å². The van der Waals surface area contributed by atoms with E-state index in [1.54, 1.807) is 25.1 Å². The van der Waals surface area contributed by atoms with Crippen LogP contribution in [0.5, 0.6) is 0 Å². The molecule has 2 amide bonds. The number of hydrogen-bond acceptors (Lipinski definition) is 3. The molecule has 1 aromatic carbocycles. The maximum Gasteiger partial charge on any atom is 0.317 e. The molecular weight excluding hydrogens is 302 g/mol. The maximum absolute atomic E-state index is 12.3. The van der Waals surface area contributed by atoms with Gasteiger partial charge in [-0.15, -0.1) is 0 Å². The summed E-state index contributed by atoms with van der Waals surface area (Å²) >= 11 is 0. The quantitative estimate of drug-likeness (QED) is 0.822. The van der Waals surface area contributed by atoms with E-state index in [9.17, 15) is 9.90 Å². The first kappa shape index (κ1) is 17.9. The molecule has 128 valence electrons. The molecule has 2 aromatic rings. The van der Waals surface area contributed by atoms with E-state index >= 15 is 0 Å². The third-order valence-corrected chi connectivity index (χ3v) is 3.87. The molecule has 1 aromatic heterocycles. The predicted molar refractivity (Wildman–Crippen MR) is 94.6 cm³/mol. The third kappa shape index (κ3) is 5.66. The molecule has 2 rings (SSSR count). The van der Waals surface area contributed by atoms with Gasteiger partial charge in [0.25, 0.3) is 0 Å². The number of carbonyl (C=O) groups excluding carboxylic acids is 1. The molecule has 5 nitrogen and oxygen atoms in total. The maximum atomic E-state index is 12.3. The van der Waals surface area contributed by atoms with Gasteiger partial charge in [-0.1, -0.05) is 36.4 Å². The van der Waals surface area contributed by atoms with E-state index in [4.69, 9.17) is 0 Å². The summed E-state index contributed by atoms with van der Waals surface area (Å²) in [6.07, 6.45) is 1.90. The zero-order valence-corrected chi connectivity index (χ0v) is 14.2. The summed E-state index contributed by atoms with van der Waals surface area (Å²) in [6.45, 7) is 2.71. The minimum atomic E-state index is -0.418. The molecule has 2 atom stereocenters. The predicted octanol–water partition coefficient (Wildman–Crippen LogP) is 2.78. The van der Waals surface area contributed by atoms with Crippen LogP contribution in [0.4, 0.5) is 4.79 Å². The van der Waals surface area contributed by atoms with Gasteiger partial charge in [-0.3, -0.25) is 4.98 Å². The highest BCUT2D eigenvalue weighted by Gasteiger charge is 2.17. The van der Waals surface area contributed by atoms with Crippen molar-refractivity contribution in [2.75, 3.05) is 13.6 Å². The van der Waals surface area contributed by atoms with Gasteiger partial charge in [0.2, 0.25) is 0 Å². The van der Waals surface area contributed by atoms with Gasteiger partial charge in [0.05, 0.1) is 18.3 Å². The van der Waals surface area contributed by atoms with Gasteiger partial charge >= 0.3 is 6.03 Å². The van der Waals surface area contributed by atoms with E-state index in [2.05, 4.69) is 10.3 Å². The molecule has 0 spiro atoms. The van der Waals surface area contributed by atoms with Crippen molar-refractivity contribution in [1.29, 1.82) is 0 Å². The molecule has 0 aliphatic rings. The van der Waals surface area contributed by atoms with Gasteiger partial charge in [-0.25, -0.2) is 4.79 Å². The first-order valence-corrected chi connectivity index (χ1v) is 8.18. The fourth-order valence-corrected chi connectivity index (χ4v) is 2.63. The zero-order chi connectivity index (χ0) is 17.4. The summed E-state index contributed by atoms with van der Waals surface area (Å²) < 4.78 is 0. The topological polar surface area (TPSA) is 65.5 Å². The number of benzene rings is 1. The summed E-state index contributed by atoms with van der Waals surface area (Å²) in [5.41, 5.74) is 1.96. The van der Waals surface area contributed by atoms with Crippen molar-refractivity contribution in [2.45, 2.75) is 31.9 Å². The highest BCUT2D eigenvalue weighted by molar-refractivity contribution is 5.73. The van der Waals surface area contributed by atoms with Crippen molar-refractivity contribution in [2.24, 2.45) is 0 Å². The van der Waals surface area contributed by atoms with Crippen molar-refractivity contribution in [3.05, 3.63) is 66.0 Å². The molecule has 0 bridgehead atoms.